The molecule has 186 valence electrons. The van der Waals surface area contributed by atoms with E-state index in [2.05, 4.69) is 0 Å². The van der Waals surface area contributed by atoms with Crippen molar-refractivity contribution in [2.45, 2.75) is 32.7 Å². The summed E-state index contributed by atoms with van der Waals surface area (Å²) < 4.78 is 10.7. The molecule has 4 heterocycles. The summed E-state index contributed by atoms with van der Waals surface area (Å²) in [4.78, 5) is 45.4. The zero-order chi connectivity index (χ0) is 25.6. The molecule has 1 aliphatic rings. The molecule has 8 nitrogen and oxygen atoms in total. The first-order valence-electron chi connectivity index (χ1n) is 11.8. The van der Waals surface area contributed by atoms with Crippen LogP contribution in [0.15, 0.2) is 61.6 Å². The highest BCUT2D eigenvalue weighted by molar-refractivity contribution is 7.10. The number of allylic oxidation sites excluding steroid dienone is 1. The van der Waals surface area contributed by atoms with Gasteiger partial charge >= 0.3 is 11.7 Å². The monoisotopic (exact) mass is 522 g/mol. The van der Waals surface area contributed by atoms with Gasteiger partial charge in [0.25, 0.3) is 5.56 Å². The Labute approximate surface area is 214 Å². The minimum Gasteiger partial charge on any atom is -0.463 e. The molecule has 0 amide bonds. The van der Waals surface area contributed by atoms with Gasteiger partial charge in [0.15, 0.2) is 4.80 Å². The maximum atomic E-state index is 13.8. The van der Waals surface area contributed by atoms with Gasteiger partial charge in [0, 0.05) is 19.0 Å². The van der Waals surface area contributed by atoms with Gasteiger partial charge < -0.3 is 4.74 Å². The number of thiazole rings is 1. The molecule has 3 aromatic heterocycles. The molecule has 0 bridgehead atoms. The number of thiophene rings is 1. The van der Waals surface area contributed by atoms with Gasteiger partial charge in [-0.1, -0.05) is 36.8 Å². The van der Waals surface area contributed by atoms with E-state index in [0.717, 1.165) is 27.9 Å². The number of ether oxygens (including phenoxy) is 1. The van der Waals surface area contributed by atoms with E-state index >= 15 is 0 Å². The fourth-order valence-electron chi connectivity index (χ4n) is 4.60. The molecule has 0 saturated heterocycles. The smallest absolute Gasteiger partial charge is 0.338 e. The van der Waals surface area contributed by atoms with Gasteiger partial charge in [0.2, 0.25) is 0 Å². The number of nitrogens with zero attached hydrogens (tertiary/aromatic N) is 4. The second-order valence-corrected chi connectivity index (χ2v) is 10.6. The summed E-state index contributed by atoms with van der Waals surface area (Å²) in [6, 6.07) is 8.94. The van der Waals surface area contributed by atoms with Crippen molar-refractivity contribution in [2.24, 2.45) is 19.1 Å². The Morgan fingerprint density at radius 1 is 1.14 bits per heavy atom. The lowest BCUT2D eigenvalue weighted by atomic mass is 9.99. The van der Waals surface area contributed by atoms with Gasteiger partial charge in [-0.3, -0.25) is 18.5 Å². The number of fused-ring (bicyclic) bond motifs is 2. The van der Waals surface area contributed by atoms with Gasteiger partial charge in [-0.25, -0.2) is 14.6 Å². The van der Waals surface area contributed by atoms with Crippen molar-refractivity contribution in [3.63, 3.8) is 0 Å². The van der Waals surface area contributed by atoms with Crippen LogP contribution < -0.4 is 20.6 Å². The molecule has 4 aromatic rings. The largest absolute Gasteiger partial charge is 0.463 e. The summed E-state index contributed by atoms with van der Waals surface area (Å²) in [5, 5.41) is 1.94. The number of imidazole rings is 1. The number of hydrogen-bond donors (Lipinski definition) is 0. The number of carbonyl (C=O) groups excluding carboxylic acids is 1. The number of benzene rings is 1. The molecule has 5 rings (SSSR count). The van der Waals surface area contributed by atoms with Crippen LogP contribution in [0.2, 0.25) is 0 Å². The van der Waals surface area contributed by atoms with Gasteiger partial charge in [-0.15, -0.1) is 11.3 Å². The minimum atomic E-state index is -0.582. The van der Waals surface area contributed by atoms with Crippen LogP contribution >= 0.6 is 22.7 Å². The van der Waals surface area contributed by atoms with Crippen molar-refractivity contribution in [1.82, 2.24) is 13.7 Å². The lowest BCUT2D eigenvalue weighted by Crippen LogP contribution is -2.39. The lowest BCUT2D eigenvalue weighted by molar-refractivity contribution is -0.139. The Balaban J connectivity index is 1.73. The third-order valence-electron chi connectivity index (χ3n) is 6.30. The highest BCUT2D eigenvalue weighted by atomic mass is 32.1. The van der Waals surface area contributed by atoms with Crippen molar-refractivity contribution in [2.75, 3.05) is 6.61 Å². The van der Waals surface area contributed by atoms with E-state index < -0.39 is 12.0 Å². The minimum absolute atomic E-state index is 0.104. The van der Waals surface area contributed by atoms with Crippen LogP contribution in [0, 0.1) is 0 Å². The first kappa shape index (κ1) is 24.2. The van der Waals surface area contributed by atoms with Crippen LogP contribution in [0.1, 0.15) is 43.2 Å². The molecule has 0 saturated carbocycles. The lowest BCUT2D eigenvalue weighted by Gasteiger charge is -2.24. The molecule has 0 spiro atoms. The molecule has 0 aliphatic carbocycles. The average molecular weight is 523 g/mol. The summed E-state index contributed by atoms with van der Waals surface area (Å²) in [5.74, 6) is -0.437. The zero-order valence-electron chi connectivity index (χ0n) is 20.5. The number of rotatable bonds is 6. The van der Waals surface area contributed by atoms with Crippen LogP contribution in [-0.2, 0) is 23.6 Å². The quantitative estimate of drug-likeness (QED) is 0.365. The van der Waals surface area contributed by atoms with Crippen LogP contribution in [0.25, 0.3) is 17.1 Å². The molecule has 1 aliphatic heterocycles. The first-order chi connectivity index (χ1) is 17.3. The van der Waals surface area contributed by atoms with Gasteiger partial charge in [0.1, 0.15) is 6.04 Å². The molecular weight excluding hydrogens is 496 g/mol. The highest BCUT2D eigenvalue weighted by Gasteiger charge is 2.34. The Morgan fingerprint density at radius 3 is 2.61 bits per heavy atom. The highest BCUT2D eigenvalue weighted by Crippen LogP contribution is 2.34. The first-order valence-corrected chi connectivity index (χ1v) is 13.5. The van der Waals surface area contributed by atoms with Crippen LogP contribution in [0.3, 0.4) is 0 Å². The summed E-state index contributed by atoms with van der Waals surface area (Å²) in [7, 11) is 3.47. The molecule has 0 unspecified atom stereocenters. The van der Waals surface area contributed by atoms with Crippen LogP contribution in [0.5, 0.6) is 0 Å². The number of aromatic nitrogens is 3. The van der Waals surface area contributed by atoms with E-state index in [1.807, 2.05) is 48.7 Å². The van der Waals surface area contributed by atoms with Crippen molar-refractivity contribution in [3.8, 4) is 0 Å². The standard InChI is InChI=1S/C26H26N4O4S2/c1-5-8-16-21(24(32)34-6-2)22(19-9-7-12-35-19)30-23(31)20(36-25(30)27-16)14-15-10-11-17-18(13-15)29(4)26(33)28(17)3/h7,9-14,22H,5-6,8H2,1-4H3/b20-14+/t22-/m1/s1. The molecule has 0 fully saturated rings. The molecule has 0 N–H and O–H groups in total. The van der Waals surface area contributed by atoms with E-state index in [1.54, 1.807) is 34.7 Å². The van der Waals surface area contributed by atoms with Crippen molar-refractivity contribution < 1.29 is 9.53 Å². The second kappa shape index (κ2) is 9.51. The SMILES string of the molecule is CCCC1=C(C(=O)OCC)[C@@H](c2cccs2)n2c(s/c(=C/c3ccc4c(c3)n(C)c(=O)n4C)c2=O)=N1. The van der Waals surface area contributed by atoms with Crippen LogP contribution in [0.4, 0.5) is 0 Å². The molecular formula is C26H26N4O4S2. The molecule has 1 atom stereocenters. The number of carbonyl (C=O) groups is 1. The third-order valence-corrected chi connectivity index (χ3v) is 8.21. The summed E-state index contributed by atoms with van der Waals surface area (Å²) in [6.07, 6.45) is 3.24. The molecule has 1 aromatic carbocycles. The predicted molar refractivity (Wildman–Crippen MR) is 142 cm³/mol. The number of hydrogen-bond acceptors (Lipinski definition) is 7. The molecule has 36 heavy (non-hydrogen) atoms. The number of aryl methyl sites for hydroxylation is 2. The van der Waals surface area contributed by atoms with E-state index in [4.69, 9.17) is 9.73 Å². The topological polar surface area (TPSA) is 87.6 Å². The Bertz CT molecular complexity index is 1750. The average Bonchev–Trinajstić information content (AvgIpc) is 3.55. The van der Waals surface area contributed by atoms with E-state index in [-0.39, 0.29) is 17.9 Å². The summed E-state index contributed by atoms with van der Waals surface area (Å²) >= 11 is 2.80. The molecule has 0 radical (unpaired) electrons. The molecule has 10 heteroatoms. The summed E-state index contributed by atoms with van der Waals surface area (Å²) in [6.45, 7) is 4.05. The third kappa shape index (κ3) is 3.90. The fraction of sp³-hybridized carbons (Fsp3) is 0.308. The van der Waals surface area contributed by atoms with Gasteiger partial charge in [-0.2, -0.15) is 0 Å². The van der Waals surface area contributed by atoms with Crippen molar-refractivity contribution in [3.05, 3.63) is 87.6 Å². The second-order valence-electron chi connectivity index (χ2n) is 8.58. The van der Waals surface area contributed by atoms with Crippen molar-refractivity contribution in [1.29, 1.82) is 0 Å². The van der Waals surface area contributed by atoms with E-state index in [1.165, 1.54) is 22.7 Å². The summed E-state index contributed by atoms with van der Waals surface area (Å²) in [5.41, 5.74) is 3.20. The van der Waals surface area contributed by atoms with Gasteiger partial charge in [-0.05, 0) is 48.6 Å². The maximum absolute atomic E-state index is 13.8. The predicted octanol–water partition coefficient (Wildman–Crippen LogP) is 2.83. The Kier molecular flexibility index (Phi) is 6.40. The normalized spacial score (nSPS) is 15.9. The Hall–Kier alpha value is -3.50. The Morgan fingerprint density at radius 2 is 1.92 bits per heavy atom. The van der Waals surface area contributed by atoms with Crippen LogP contribution in [-0.4, -0.2) is 26.3 Å². The zero-order valence-corrected chi connectivity index (χ0v) is 22.1. The number of esters is 1. The van der Waals surface area contributed by atoms with Gasteiger partial charge in [0.05, 0.1) is 33.4 Å². The van der Waals surface area contributed by atoms with Crippen molar-refractivity contribution >= 4 is 45.8 Å². The van der Waals surface area contributed by atoms with E-state index in [0.29, 0.717) is 27.0 Å². The maximum Gasteiger partial charge on any atom is 0.338 e. The van der Waals surface area contributed by atoms with E-state index in [9.17, 15) is 14.4 Å². The fourth-order valence-corrected chi connectivity index (χ4v) is 6.45.